The van der Waals surface area contributed by atoms with E-state index in [0.717, 1.165) is 10.6 Å². The maximum Gasteiger partial charge on any atom is 0.419 e. The van der Waals surface area contributed by atoms with Crippen LogP contribution in [0.4, 0.5) is 10.8 Å². The fraction of sp³-hybridized carbons (Fsp3) is 0.200. The van der Waals surface area contributed by atoms with Crippen molar-refractivity contribution in [1.29, 1.82) is 0 Å². The summed E-state index contributed by atoms with van der Waals surface area (Å²) in [6.07, 6.45) is 1.19. The van der Waals surface area contributed by atoms with E-state index in [1.54, 1.807) is 0 Å². The largest absolute Gasteiger partial charge is 0.419 e. The van der Waals surface area contributed by atoms with Crippen LogP contribution in [0.25, 0.3) is 11.1 Å². The van der Waals surface area contributed by atoms with E-state index in [0.29, 0.717) is 23.5 Å². The highest BCUT2D eigenvalue weighted by Crippen LogP contribution is 2.21. The number of benzene rings is 2. The summed E-state index contributed by atoms with van der Waals surface area (Å²) >= 11 is 1.32. The molecule has 158 valence electrons. The minimum absolute atomic E-state index is 0.142. The summed E-state index contributed by atoms with van der Waals surface area (Å²) in [6, 6.07) is 13.8. The number of hydrogen-bond acceptors (Lipinski definition) is 8. The number of hydrogen-bond donors (Lipinski definition) is 1. The molecule has 1 N–H and O–H groups in total. The zero-order valence-corrected chi connectivity index (χ0v) is 17.0. The lowest BCUT2D eigenvalue weighted by atomic mass is 10.2. The van der Waals surface area contributed by atoms with Gasteiger partial charge in [0.05, 0.1) is 16.5 Å². The first-order chi connectivity index (χ1) is 15.0. The van der Waals surface area contributed by atoms with Gasteiger partial charge in [0.2, 0.25) is 11.0 Å². The minimum Gasteiger partial charge on any atom is -0.407 e. The lowest BCUT2D eigenvalue weighted by molar-refractivity contribution is -0.384. The number of carbonyl (C=O) groups excluding carboxylic acids is 1. The third-order valence-corrected chi connectivity index (χ3v) is 5.40. The SMILES string of the molecule is O=C(CCCn1c(=O)oc2cc([N+](=O)[O-])ccc21)Nc1nnc(Cc2ccccc2)s1. The van der Waals surface area contributed by atoms with Crippen LogP contribution in [0.3, 0.4) is 0 Å². The number of nitro benzene ring substituents is 1. The number of aromatic nitrogens is 3. The van der Waals surface area contributed by atoms with Gasteiger partial charge in [-0.25, -0.2) is 4.79 Å². The number of oxazole rings is 1. The number of anilines is 1. The van der Waals surface area contributed by atoms with Crippen LogP contribution < -0.4 is 11.1 Å². The second-order valence-electron chi connectivity index (χ2n) is 6.74. The quantitative estimate of drug-likeness (QED) is 0.329. The van der Waals surface area contributed by atoms with E-state index in [1.807, 2.05) is 30.3 Å². The number of aryl methyl sites for hydroxylation is 1. The Kier molecular flexibility index (Phi) is 5.85. The van der Waals surface area contributed by atoms with Crippen molar-refractivity contribution in [1.82, 2.24) is 14.8 Å². The highest BCUT2D eigenvalue weighted by molar-refractivity contribution is 7.15. The zero-order valence-electron chi connectivity index (χ0n) is 16.2. The Morgan fingerprint density at radius 1 is 1.19 bits per heavy atom. The third-order valence-electron chi connectivity index (χ3n) is 4.56. The van der Waals surface area contributed by atoms with Crippen LogP contribution >= 0.6 is 11.3 Å². The summed E-state index contributed by atoms with van der Waals surface area (Å²) in [4.78, 5) is 34.6. The second-order valence-corrected chi connectivity index (χ2v) is 7.81. The predicted octanol–water partition coefficient (Wildman–Crippen LogP) is 3.36. The fourth-order valence-corrected chi connectivity index (χ4v) is 3.90. The van der Waals surface area contributed by atoms with Gasteiger partial charge in [0.25, 0.3) is 5.69 Å². The van der Waals surface area contributed by atoms with Gasteiger partial charge in [0.15, 0.2) is 5.58 Å². The van der Waals surface area contributed by atoms with Crippen molar-refractivity contribution >= 4 is 39.2 Å². The molecule has 0 radical (unpaired) electrons. The zero-order chi connectivity index (χ0) is 21.8. The molecule has 0 spiro atoms. The van der Waals surface area contributed by atoms with Gasteiger partial charge in [0.1, 0.15) is 5.01 Å². The summed E-state index contributed by atoms with van der Waals surface area (Å²) in [5.41, 5.74) is 1.55. The third kappa shape index (κ3) is 4.83. The lowest BCUT2D eigenvalue weighted by Crippen LogP contribution is -2.17. The summed E-state index contributed by atoms with van der Waals surface area (Å²) < 4.78 is 6.44. The standard InChI is InChI=1S/C20H17N5O5S/c26-17(21-19-23-22-18(31-19)11-13-5-2-1-3-6-13)7-4-10-24-15-9-8-14(25(28)29)12-16(15)30-20(24)27/h1-3,5-6,8-9,12H,4,7,10-11H2,(H,21,23,26). The molecule has 2 aromatic heterocycles. The van der Waals surface area contributed by atoms with Crippen molar-refractivity contribution in [3.8, 4) is 0 Å². The van der Waals surface area contributed by atoms with Gasteiger partial charge < -0.3 is 9.73 Å². The van der Waals surface area contributed by atoms with Crippen LogP contribution in [-0.4, -0.2) is 25.6 Å². The number of nitro groups is 1. The minimum atomic E-state index is -0.620. The van der Waals surface area contributed by atoms with Crippen molar-refractivity contribution < 1.29 is 14.1 Å². The number of non-ortho nitro benzene ring substituents is 1. The van der Waals surface area contributed by atoms with Crippen molar-refractivity contribution in [3.63, 3.8) is 0 Å². The van der Waals surface area contributed by atoms with E-state index < -0.39 is 10.7 Å². The number of nitrogens with zero attached hydrogens (tertiary/aromatic N) is 4. The van der Waals surface area contributed by atoms with Crippen molar-refractivity contribution in [2.24, 2.45) is 0 Å². The Labute approximate surface area is 179 Å². The molecule has 4 rings (SSSR count). The molecule has 0 atom stereocenters. The molecule has 0 fully saturated rings. The molecule has 0 aliphatic heterocycles. The van der Waals surface area contributed by atoms with Crippen molar-refractivity contribution in [2.75, 3.05) is 5.32 Å². The Bertz CT molecular complexity index is 1290. The average molecular weight is 439 g/mol. The Hall–Kier alpha value is -3.86. The molecule has 11 heteroatoms. The molecular formula is C20H17N5O5S. The van der Waals surface area contributed by atoms with Crippen molar-refractivity contribution in [2.45, 2.75) is 25.8 Å². The molecule has 2 aromatic carbocycles. The fourth-order valence-electron chi connectivity index (χ4n) is 3.11. The first-order valence-electron chi connectivity index (χ1n) is 9.43. The topological polar surface area (TPSA) is 133 Å². The molecule has 2 heterocycles. The molecule has 1 amide bonds. The van der Waals surface area contributed by atoms with Crippen LogP contribution in [0.2, 0.25) is 0 Å². The van der Waals surface area contributed by atoms with Crippen LogP contribution in [0.1, 0.15) is 23.4 Å². The molecule has 0 aliphatic rings. The van der Waals surface area contributed by atoms with Gasteiger partial charge in [-0.05, 0) is 18.1 Å². The molecule has 0 unspecified atom stereocenters. The normalized spacial score (nSPS) is 11.0. The van der Waals surface area contributed by atoms with Gasteiger partial charge in [-0.2, -0.15) is 0 Å². The number of amides is 1. The van der Waals surface area contributed by atoms with Crippen LogP contribution in [0, 0.1) is 10.1 Å². The average Bonchev–Trinajstić information content (AvgIpc) is 3.31. The highest BCUT2D eigenvalue weighted by atomic mass is 32.1. The van der Waals surface area contributed by atoms with Gasteiger partial charge in [-0.3, -0.25) is 19.5 Å². The maximum absolute atomic E-state index is 12.2. The van der Waals surface area contributed by atoms with Crippen molar-refractivity contribution in [3.05, 3.63) is 79.8 Å². The molecule has 10 nitrogen and oxygen atoms in total. The van der Waals surface area contributed by atoms with E-state index in [4.69, 9.17) is 4.42 Å². The molecule has 31 heavy (non-hydrogen) atoms. The molecule has 0 aliphatic carbocycles. The first-order valence-corrected chi connectivity index (χ1v) is 10.3. The number of carbonyl (C=O) groups is 1. The van der Waals surface area contributed by atoms with Gasteiger partial charge >= 0.3 is 5.76 Å². The Balaban J connectivity index is 1.32. The van der Waals surface area contributed by atoms with E-state index in [-0.39, 0.29) is 30.1 Å². The Morgan fingerprint density at radius 3 is 2.77 bits per heavy atom. The number of fused-ring (bicyclic) bond motifs is 1. The van der Waals surface area contributed by atoms with E-state index in [9.17, 15) is 19.7 Å². The summed E-state index contributed by atoms with van der Waals surface area (Å²) in [5.74, 6) is -0.857. The van der Waals surface area contributed by atoms with E-state index in [2.05, 4.69) is 15.5 Å². The van der Waals surface area contributed by atoms with Crippen LogP contribution in [0.5, 0.6) is 0 Å². The van der Waals surface area contributed by atoms with Gasteiger partial charge in [0, 0.05) is 25.5 Å². The summed E-state index contributed by atoms with van der Waals surface area (Å²) in [7, 11) is 0. The molecular weight excluding hydrogens is 422 g/mol. The predicted molar refractivity (Wildman–Crippen MR) is 114 cm³/mol. The molecule has 0 saturated carbocycles. The Morgan fingerprint density at radius 2 is 2.00 bits per heavy atom. The second kappa shape index (κ2) is 8.88. The molecule has 0 bridgehead atoms. The van der Waals surface area contributed by atoms with Crippen LogP contribution in [-0.2, 0) is 17.8 Å². The monoisotopic (exact) mass is 439 g/mol. The van der Waals surface area contributed by atoms with Gasteiger partial charge in [-0.1, -0.05) is 41.7 Å². The number of nitrogens with one attached hydrogen (secondary N) is 1. The van der Waals surface area contributed by atoms with E-state index in [1.165, 1.54) is 34.1 Å². The molecule has 4 aromatic rings. The summed E-state index contributed by atoms with van der Waals surface area (Å²) in [5, 5.41) is 22.9. The first kappa shape index (κ1) is 20.4. The summed E-state index contributed by atoms with van der Waals surface area (Å²) in [6.45, 7) is 0.243. The molecule has 0 saturated heterocycles. The number of rotatable bonds is 8. The van der Waals surface area contributed by atoms with E-state index >= 15 is 0 Å². The van der Waals surface area contributed by atoms with Crippen LogP contribution in [0.15, 0.2) is 57.7 Å². The lowest BCUT2D eigenvalue weighted by Gasteiger charge is -2.03. The smallest absolute Gasteiger partial charge is 0.407 e. The highest BCUT2D eigenvalue weighted by Gasteiger charge is 2.15. The maximum atomic E-state index is 12.2. The van der Waals surface area contributed by atoms with Gasteiger partial charge in [-0.15, -0.1) is 10.2 Å².